The Labute approximate surface area is 152 Å². The van der Waals surface area contributed by atoms with Gasteiger partial charge in [-0.1, -0.05) is 18.2 Å². The van der Waals surface area contributed by atoms with Crippen LogP contribution in [0, 0.1) is 0 Å². The predicted octanol–water partition coefficient (Wildman–Crippen LogP) is 3.19. The topological polar surface area (TPSA) is 75.7 Å². The Kier molecular flexibility index (Phi) is 6.98. The molecule has 0 saturated carbocycles. The largest absolute Gasteiger partial charge is 0.492 e. The fourth-order valence-corrected chi connectivity index (χ4v) is 4.62. The van der Waals surface area contributed by atoms with Crippen LogP contribution in [0.5, 0.6) is 5.75 Å². The van der Waals surface area contributed by atoms with Crippen molar-refractivity contribution in [3.8, 4) is 5.75 Å². The highest BCUT2D eigenvalue weighted by Gasteiger charge is 2.21. The minimum atomic E-state index is -3.47. The summed E-state index contributed by atoms with van der Waals surface area (Å²) in [5, 5.41) is 4.53. The Bertz CT molecular complexity index is 789. The molecule has 2 aromatic rings. The van der Waals surface area contributed by atoms with Gasteiger partial charge in [-0.25, -0.2) is 12.7 Å². The SMILES string of the molecule is CCOc1ccccc1NC(=O)CCCN(C)S(=O)(=O)c1cccs1. The van der Waals surface area contributed by atoms with Crippen molar-refractivity contribution in [3.05, 3.63) is 41.8 Å². The van der Waals surface area contributed by atoms with Gasteiger partial charge in [-0.3, -0.25) is 4.79 Å². The smallest absolute Gasteiger partial charge is 0.252 e. The van der Waals surface area contributed by atoms with E-state index in [4.69, 9.17) is 4.74 Å². The molecule has 0 bridgehead atoms. The van der Waals surface area contributed by atoms with E-state index in [0.29, 0.717) is 28.7 Å². The zero-order valence-electron chi connectivity index (χ0n) is 14.3. The van der Waals surface area contributed by atoms with E-state index in [1.54, 1.807) is 29.6 Å². The molecule has 136 valence electrons. The minimum Gasteiger partial charge on any atom is -0.492 e. The van der Waals surface area contributed by atoms with Gasteiger partial charge in [-0.05, 0) is 36.9 Å². The number of para-hydroxylation sites is 2. The van der Waals surface area contributed by atoms with E-state index in [9.17, 15) is 13.2 Å². The molecule has 1 amide bonds. The van der Waals surface area contributed by atoms with E-state index in [2.05, 4.69) is 5.32 Å². The first-order chi connectivity index (χ1) is 11.9. The van der Waals surface area contributed by atoms with E-state index in [1.165, 1.54) is 22.7 Å². The number of rotatable bonds is 9. The molecule has 0 aliphatic rings. The van der Waals surface area contributed by atoms with Crippen LogP contribution in [0.3, 0.4) is 0 Å². The number of hydrogen-bond acceptors (Lipinski definition) is 5. The molecule has 8 heteroatoms. The van der Waals surface area contributed by atoms with Crippen LogP contribution in [-0.2, 0) is 14.8 Å². The lowest BCUT2D eigenvalue weighted by molar-refractivity contribution is -0.116. The Morgan fingerprint density at radius 1 is 1.24 bits per heavy atom. The molecule has 6 nitrogen and oxygen atoms in total. The van der Waals surface area contributed by atoms with Gasteiger partial charge in [0.1, 0.15) is 9.96 Å². The molecule has 1 aromatic heterocycles. The second-order valence-corrected chi connectivity index (χ2v) is 8.56. The second-order valence-electron chi connectivity index (χ2n) is 5.34. The molecule has 0 fully saturated rings. The van der Waals surface area contributed by atoms with Crippen LogP contribution in [0.1, 0.15) is 19.8 Å². The van der Waals surface area contributed by atoms with Gasteiger partial charge in [-0.2, -0.15) is 0 Å². The summed E-state index contributed by atoms with van der Waals surface area (Å²) in [6.07, 6.45) is 0.661. The van der Waals surface area contributed by atoms with Crippen molar-refractivity contribution in [1.82, 2.24) is 4.31 Å². The molecule has 25 heavy (non-hydrogen) atoms. The van der Waals surface area contributed by atoms with Gasteiger partial charge in [0, 0.05) is 20.0 Å². The molecule has 0 aliphatic heterocycles. The summed E-state index contributed by atoms with van der Waals surface area (Å²) in [7, 11) is -1.94. The number of nitrogens with zero attached hydrogens (tertiary/aromatic N) is 1. The highest BCUT2D eigenvalue weighted by molar-refractivity contribution is 7.91. The Morgan fingerprint density at radius 2 is 2.00 bits per heavy atom. The first-order valence-corrected chi connectivity index (χ1v) is 10.3. The highest BCUT2D eigenvalue weighted by Crippen LogP contribution is 2.24. The van der Waals surface area contributed by atoms with Crippen LogP contribution in [0.15, 0.2) is 46.0 Å². The third-order valence-electron chi connectivity index (χ3n) is 3.50. The van der Waals surface area contributed by atoms with Gasteiger partial charge in [0.25, 0.3) is 10.0 Å². The molecule has 2 rings (SSSR count). The number of anilines is 1. The Morgan fingerprint density at radius 3 is 2.68 bits per heavy atom. The van der Waals surface area contributed by atoms with E-state index in [1.807, 2.05) is 19.1 Å². The maximum atomic E-state index is 12.3. The Hall–Kier alpha value is -1.90. The third-order valence-corrected chi connectivity index (χ3v) is 6.73. The van der Waals surface area contributed by atoms with Crippen molar-refractivity contribution >= 4 is 33.0 Å². The zero-order chi connectivity index (χ0) is 18.3. The lowest BCUT2D eigenvalue weighted by Gasteiger charge is -2.16. The quantitative estimate of drug-likeness (QED) is 0.723. The van der Waals surface area contributed by atoms with Crippen molar-refractivity contribution in [2.45, 2.75) is 24.0 Å². The molecule has 1 heterocycles. The number of ether oxygens (including phenoxy) is 1. The lowest BCUT2D eigenvalue weighted by atomic mass is 10.2. The molecule has 1 N–H and O–H groups in total. The predicted molar refractivity (Wildman–Crippen MR) is 99.6 cm³/mol. The number of carbonyl (C=O) groups is 1. The number of carbonyl (C=O) groups excluding carboxylic acids is 1. The fourth-order valence-electron chi connectivity index (χ4n) is 2.21. The number of hydrogen-bond donors (Lipinski definition) is 1. The maximum Gasteiger partial charge on any atom is 0.252 e. The van der Waals surface area contributed by atoms with Crippen molar-refractivity contribution in [2.75, 3.05) is 25.5 Å². The van der Waals surface area contributed by atoms with Crippen LogP contribution < -0.4 is 10.1 Å². The number of thiophene rings is 1. The summed E-state index contributed by atoms with van der Waals surface area (Å²) in [6, 6.07) is 10.5. The number of sulfonamides is 1. The summed E-state index contributed by atoms with van der Waals surface area (Å²) in [4.78, 5) is 12.1. The molecule has 0 atom stereocenters. The first kappa shape index (κ1) is 19.4. The highest BCUT2D eigenvalue weighted by atomic mass is 32.2. The number of amides is 1. The lowest BCUT2D eigenvalue weighted by Crippen LogP contribution is -2.28. The minimum absolute atomic E-state index is 0.172. The van der Waals surface area contributed by atoms with Crippen LogP contribution >= 0.6 is 11.3 Å². The van der Waals surface area contributed by atoms with Gasteiger partial charge in [-0.15, -0.1) is 11.3 Å². The second kappa shape index (κ2) is 8.98. The standard InChI is InChI=1S/C17H22N2O4S2/c1-3-23-15-9-5-4-8-14(15)18-16(20)10-6-12-19(2)25(21,22)17-11-7-13-24-17/h4-5,7-9,11,13H,3,6,10,12H2,1-2H3,(H,18,20). The van der Waals surface area contributed by atoms with E-state index in [-0.39, 0.29) is 18.9 Å². The van der Waals surface area contributed by atoms with Gasteiger partial charge in [0.15, 0.2) is 0 Å². The molecule has 0 unspecified atom stereocenters. The molecule has 0 saturated heterocycles. The molecule has 1 aromatic carbocycles. The molecular formula is C17H22N2O4S2. The van der Waals surface area contributed by atoms with E-state index < -0.39 is 10.0 Å². The summed E-state index contributed by atoms with van der Waals surface area (Å²) < 4.78 is 31.6. The van der Waals surface area contributed by atoms with Gasteiger partial charge in [0.05, 0.1) is 12.3 Å². The van der Waals surface area contributed by atoms with Crippen LogP contribution in [0.2, 0.25) is 0 Å². The third kappa shape index (κ3) is 5.29. The number of benzene rings is 1. The van der Waals surface area contributed by atoms with Crippen LogP contribution in [0.25, 0.3) is 0 Å². The maximum absolute atomic E-state index is 12.3. The van der Waals surface area contributed by atoms with Crippen LogP contribution in [0.4, 0.5) is 5.69 Å². The number of nitrogens with one attached hydrogen (secondary N) is 1. The summed E-state index contributed by atoms with van der Waals surface area (Å²) in [5.41, 5.74) is 0.619. The monoisotopic (exact) mass is 382 g/mol. The molecule has 0 radical (unpaired) electrons. The molecule has 0 spiro atoms. The summed E-state index contributed by atoms with van der Waals surface area (Å²) in [6.45, 7) is 2.67. The zero-order valence-corrected chi connectivity index (χ0v) is 15.9. The van der Waals surface area contributed by atoms with Crippen molar-refractivity contribution < 1.29 is 17.9 Å². The van der Waals surface area contributed by atoms with Crippen molar-refractivity contribution in [2.24, 2.45) is 0 Å². The van der Waals surface area contributed by atoms with Crippen LogP contribution in [-0.4, -0.2) is 38.8 Å². The normalized spacial score (nSPS) is 11.5. The van der Waals surface area contributed by atoms with Gasteiger partial charge < -0.3 is 10.1 Å². The summed E-state index contributed by atoms with van der Waals surface area (Å²) >= 11 is 1.18. The van der Waals surface area contributed by atoms with E-state index >= 15 is 0 Å². The van der Waals surface area contributed by atoms with Gasteiger partial charge in [0.2, 0.25) is 5.91 Å². The Balaban J connectivity index is 1.85. The van der Waals surface area contributed by atoms with Gasteiger partial charge >= 0.3 is 0 Å². The fraction of sp³-hybridized carbons (Fsp3) is 0.353. The average Bonchev–Trinajstić information content (AvgIpc) is 3.12. The molecular weight excluding hydrogens is 360 g/mol. The average molecular weight is 383 g/mol. The molecule has 0 aliphatic carbocycles. The van der Waals surface area contributed by atoms with Crippen molar-refractivity contribution in [1.29, 1.82) is 0 Å². The van der Waals surface area contributed by atoms with Crippen molar-refractivity contribution in [3.63, 3.8) is 0 Å². The first-order valence-electron chi connectivity index (χ1n) is 7.96. The van der Waals surface area contributed by atoms with E-state index in [0.717, 1.165) is 0 Å². The summed E-state index contributed by atoms with van der Waals surface area (Å²) in [5.74, 6) is 0.449.